The summed E-state index contributed by atoms with van der Waals surface area (Å²) in [6.45, 7) is 4.30. The van der Waals surface area contributed by atoms with Gasteiger partial charge in [0.2, 0.25) is 0 Å². The lowest BCUT2D eigenvalue weighted by Crippen LogP contribution is -2.35. The quantitative estimate of drug-likeness (QED) is 0.860. The molecular formula is C16H22N4O2. The Kier molecular flexibility index (Phi) is 4.02. The van der Waals surface area contributed by atoms with Gasteiger partial charge in [-0.1, -0.05) is 6.92 Å². The smallest absolute Gasteiger partial charge is 0.289 e. The van der Waals surface area contributed by atoms with Crippen LogP contribution >= 0.6 is 0 Å². The van der Waals surface area contributed by atoms with E-state index in [4.69, 9.17) is 4.42 Å². The van der Waals surface area contributed by atoms with E-state index in [1.807, 2.05) is 21.7 Å². The van der Waals surface area contributed by atoms with Crippen LogP contribution in [0.1, 0.15) is 23.2 Å². The zero-order chi connectivity index (χ0) is 15.7. The molecule has 22 heavy (non-hydrogen) atoms. The minimum atomic E-state index is -0.0203. The van der Waals surface area contributed by atoms with Crippen molar-refractivity contribution in [2.45, 2.75) is 19.5 Å². The van der Waals surface area contributed by atoms with Crippen LogP contribution in [0, 0.1) is 5.92 Å². The number of hydrogen-bond acceptors (Lipinski definition) is 4. The SMILES string of the molecule is C[C@@H]1CN(C(=O)c2ccc(Cn3ccnc3)o2)C[C@H]1N(C)C. The number of aromatic nitrogens is 2. The van der Waals surface area contributed by atoms with Crippen molar-refractivity contribution in [3.05, 3.63) is 42.4 Å². The first-order chi connectivity index (χ1) is 10.5. The van der Waals surface area contributed by atoms with Gasteiger partial charge in [0, 0.05) is 31.5 Å². The van der Waals surface area contributed by atoms with E-state index < -0.39 is 0 Å². The van der Waals surface area contributed by atoms with Gasteiger partial charge in [-0.05, 0) is 32.1 Å². The highest BCUT2D eigenvalue weighted by Crippen LogP contribution is 2.22. The average Bonchev–Trinajstić information content (AvgIpc) is 3.19. The molecule has 2 atom stereocenters. The van der Waals surface area contributed by atoms with Gasteiger partial charge in [-0.15, -0.1) is 0 Å². The molecule has 1 amide bonds. The van der Waals surface area contributed by atoms with Gasteiger partial charge >= 0.3 is 0 Å². The standard InChI is InChI=1S/C16H22N4O2/c1-12-8-20(10-14(12)18(2)3)16(21)15-5-4-13(22-15)9-19-7-6-17-11-19/h4-7,11-12,14H,8-10H2,1-3H3/t12-,14-/m1/s1. The van der Waals surface area contributed by atoms with Crippen molar-refractivity contribution in [1.29, 1.82) is 0 Å². The minimum Gasteiger partial charge on any atom is -0.454 e. The summed E-state index contributed by atoms with van der Waals surface area (Å²) in [5, 5.41) is 0. The van der Waals surface area contributed by atoms with Gasteiger partial charge < -0.3 is 18.8 Å². The first-order valence-electron chi connectivity index (χ1n) is 7.54. The first kappa shape index (κ1) is 14.8. The van der Waals surface area contributed by atoms with E-state index in [1.54, 1.807) is 18.6 Å². The monoisotopic (exact) mass is 302 g/mol. The zero-order valence-electron chi connectivity index (χ0n) is 13.3. The molecule has 2 aromatic heterocycles. The second-order valence-corrected chi connectivity index (χ2v) is 6.22. The van der Waals surface area contributed by atoms with Crippen molar-refractivity contribution < 1.29 is 9.21 Å². The molecule has 2 aromatic rings. The molecule has 1 aliphatic rings. The second-order valence-electron chi connectivity index (χ2n) is 6.22. The van der Waals surface area contributed by atoms with Gasteiger partial charge in [0.1, 0.15) is 5.76 Å². The summed E-state index contributed by atoms with van der Waals surface area (Å²) in [5.74, 6) is 1.63. The lowest BCUT2D eigenvalue weighted by Gasteiger charge is -2.22. The molecule has 0 aliphatic carbocycles. The molecular weight excluding hydrogens is 280 g/mol. The van der Waals surface area contributed by atoms with Crippen molar-refractivity contribution in [1.82, 2.24) is 19.4 Å². The van der Waals surface area contributed by atoms with Gasteiger partial charge in [-0.2, -0.15) is 0 Å². The molecule has 0 spiro atoms. The Morgan fingerprint density at radius 3 is 2.86 bits per heavy atom. The molecule has 3 heterocycles. The lowest BCUT2D eigenvalue weighted by atomic mass is 10.1. The maximum atomic E-state index is 12.6. The average molecular weight is 302 g/mol. The molecule has 118 valence electrons. The third-order valence-corrected chi connectivity index (χ3v) is 4.29. The number of carbonyl (C=O) groups is 1. The highest BCUT2D eigenvalue weighted by Gasteiger charge is 2.34. The summed E-state index contributed by atoms with van der Waals surface area (Å²) in [5.41, 5.74) is 0. The topological polar surface area (TPSA) is 54.5 Å². The van der Waals surface area contributed by atoms with Gasteiger partial charge in [-0.25, -0.2) is 4.98 Å². The largest absolute Gasteiger partial charge is 0.454 e. The van der Waals surface area contributed by atoms with Crippen LogP contribution in [0.3, 0.4) is 0 Å². The number of likely N-dealkylation sites (tertiary alicyclic amines) is 1. The van der Waals surface area contributed by atoms with Crippen LogP contribution in [0.15, 0.2) is 35.3 Å². The molecule has 0 unspecified atom stereocenters. The predicted octanol–water partition coefficient (Wildman–Crippen LogP) is 1.55. The highest BCUT2D eigenvalue weighted by atomic mass is 16.4. The fraction of sp³-hybridized carbons (Fsp3) is 0.500. The minimum absolute atomic E-state index is 0.0203. The maximum absolute atomic E-state index is 12.6. The number of nitrogens with zero attached hydrogens (tertiary/aromatic N) is 4. The Balaban J connectivity index is 1.67. The summed E-state index contributed by atoms with van der Waals surface area (Å²) < 4.78 is 7.62. The van der Waals surface area contributed by atoms with E-state index in [1.165, 1.54) is 0 Å². The molecule has 0 aromatic carbocycles. The van der Waals surface area contributed by atoms with E-state index >= 15 is 0 Å². The summed E-state index contributed by atoms with van der Waals surface area (Å²) in [7, 11) is 4.12. The number of furan rings is 1. The fourth-order valence-corrected chi connectivity index (χ4v) is 3.08. The van der Waals surface area contributed by atoms with Gasteiger partial charge in [0.05, 0.1) is 12.9 Å². The summed E-state index contributed by atoms with van der Waals surface area (Å²) in [4.78, 5) is 20.6. The van der Waals surface area contributed by atoms with E-state index in [9.17, 15) is 4.79 Å². The molecule has 0 saturated carbocycles. The Morgan fingerprint density at radius 1 is 1.41 bits per heavy atom. The molecule has 0 bridgehead atoms. The number of amides is 1. The molecule has 1 aliphatic heterocycles. The third kappa shape index (κ3) is 2.92. The normalized spacial score (nSPS) is 21.7. The maximum Gasteiger partial charge on any atom is 0.289 e. The summed E-state index contributed by atoms with van der Waals surface area (Å²) in [6.07, 6.45) is 5.32. The Morgan fingerprint density at radius 2 is 2.23 bits per heavy atom. The van der Waals surface area contributed by atoms with Crippen LogP contribution in [0.25, 0.3) is 0 Å². The Hall–Kier alpha value is -2.08. The van der Waals surface area contributed by atoms with Crippen LogP contribution in [0.4, 0.5) is 0 Å². The number of likely N-dealkylation sites (N-methyl/N-ethyl adjacent to an activating group) is 1. The van der Waals surface area contributed by atoms with Crippen LogP contribution in [0.5, 0.6) is 0 Å². The number of hydrogen-bond donors (Lipinski definition) is 0. The number of carbonyl (C=O) groups excluding carboxylic acids is 1. The summed E-state index contributed by atoms with van der Waals surface area (Å²) in [6, 6.07) is 4.03. The number of imidazole rings is 1. The molecule has 1 saturated heterocycles. The second kappa shape index (κ2) is 5.96. The first-order valence-corrected chi connectivity index (χ1v) is 7.54. The lowest BCUT2D eigenvalue weighted by molar-refractivity contribution is 0.0747. The van der Waals surface area contributed by atoms with Crippen LogP contribution < -0.4 is 0 Å². The molecule has 3 rings (SSSR count). The van der Waals surface area contributed by atoms with Crippen molar-refractivity contribution in [3.8, 4) is 0 Å². The van der Waals surface area contributed by atoms with Crippen molar-refractivity contribution >= 4 is 5.91 Å². The Bertz CT molecular complexity index is 632. The number of rotatable bonds is 4. The van der Waals surface area contributed by atoms with Crippen LogP contribution in [-0.4, -0.2) is 58.5 Å². The van der Waals surface area contributed by atoms with Gasteiger partial charge in [0.15, 0.2) is 5.76 Å². The molecule has 0 radical (unpaired) electrons. The summed E-state index contributed by atoms with van der Waals surface area (Å²) >= 11 is 0. The zero-order valence-corrected chi connectivity index (χ0v) is 13.3. The van der Waals surface area contributed by atoms with Gasteiger partial charge in [0.25, 0.3) is 5.91 Å². The van der Waals surface area contributed by atoms with Gasteiger partial charge in [-0.3, -0.25) is 4.79 Å². The van der Waals surface area contributed by atoms with E-state index in [0.29, 0.717) is 24.3 Å². The molecule has 1 fully saturated rings. The fourth-order valence-electron chi connectivity index (χ4n) is 3.08. The Labute approximate surface area is 130 Å². The highest BCUT2D eigenvalue weighted by molar-refractivity contribution is 5.91. The van der Waals surface area contributed by atoms with Crippen LogP contribution in [0.2, 0.25) is 0 Å². The van der Waals surface area contributed by atoms with Crippen molar-refractivity contribution in [3.63, 3.8) is 0 Å². The van der Waals surface area contributed by atoms with E-state index in [2.05, 4.69) is 30.9 Å². The van der Waals surface area contributed by atoms with Crippen molar-refractivity contribution in [2.24, 2.45) is 5.92 Å². The van der Waals surface area contributed by atoms with Crippen molar-refractivity contribution in [2.75, 3.05) is 27.2 Å². The molecule has 0 N–H and O–H groups in total. The van der Waals surface area contributed by atoms with E-state index in [0.717, 1.165) is 18.8 Å². The molecule has 6 heteroatoms. The molecule has 6 nitrogen and oxygen atoms in total. The predicted molar refractivity (Wildman–Crippen MR) is 82.6 cm³/mol. The van der Waals surface area contributed by atoms with E-state index in [-0.39, 0.29) is 5.91 Å². The third-order valence-electron chi connectivity index (χ3n) is 4.29. The van der Waals surface area contributed by atoms with Crippen LogP contribution in [-0.2, 0) is 6.54 Å².